The lowest BCUT2D eigenvalue weighted by atomic mass is 9.88. The number of hydrogen-bond donors (Lipinski definition) is 0. The van der Waals surface area contributed by atoms with Crippen molar-refractivity contribution in [1.82, 2.24) is 0 Å². The van der Waals surface area contributed by atoms with Crippen LogP contribution in [0.3, 0.4) is 0 Å². The Morgan fingerprint density at radius 3 is 2.00 bits per heavy atom. The van der Waals surface area contributed by atoms with Crippen molar-refractivity contribution in [3.63, 3.8) is 0 Å². The van der Waals surface area contributed by atoms with Gasteiger partial charge in [-0.25, -0.2) is 0 Å². The number of unbranched alkanes of at least 4 members (excludes halogenated alkanes) is 2. The van der Waals surface area contributed by atoms with Gasteiger partial charge in [0.25, 0.3) is 0 Å². The maximum atomic E-state index is 3.82. The van der Waals surface area contributed by atoms with Gasteiger partial charge < -0.3 is 0 Å². The van der Waals surface area contributed by atoms with Gasteiger partial charge in [0.2, 0.25) is 0 Å². The van der Waals surface area contributed by atoms with Gasteiger partial charge in [0.05, 0.1) is 0 Å². The Labute approximate surface area is 145 Å². The Hall–Kier alpha value is -2.60. The second-order valence-electron chi connectivity index (χ2n) is 6.11. The van der Waals surface area contributed by atoms with Crippen molar-refractivity contribution in [2.24, 2.45) is 0 Å². The topological polar surface area (TPSA) is 0 Å². The Balaban J connectivity index is 2.04. The first kappa shape index (κ1) is 16.3. The molecule has 24 heavy (non-hydrogen) atoms. The van der Waals surface area contributed by atoms with Crippen molar-refractivity contribution >= 4 is 0 Å². The van der Waals surface area contributed by atoms with Crippen molar-refractivity contribution in [2.75, 3.05) is 0 Å². The third-order valence-corrected chi connectivity index (χ3v) is 4.40. The minimum absolute atomic E-state index is 1.10. The summed E-state index contributed by atoms with van der Waals surface area (Å²) in [6.45, 7) is 3.82. The average Bonchev–Trinajstić information content (AvgIpc) is 2.66. The highest BCUT2D eigenvalue weighted by molar-refractivity contribution is 5.85. The van der Waals surface area contributed by atoms with Crippen LogP contribution < -0.4 is 0 Å². The summed E-state index contributed by atoms with van der Waals surface area (Å²) in [4.78, 5) is 0. The zero-order chi connectivity index (χ0) is 16.6. The zero-order valence-corrected chi connectivity index (χ0v) is 14.1. The number of rotatable bonds is 7. The molecule has 0 aliphatic heterocycles. The van der Waals surface area contributed by atoms with E-state index in [2.05, 4.69) is 85.4 Å². The van der Waals surface area contributed by atoms with Crippen LogP contribution in [-0.4, -0.2) is 0 Å². The fourth-order valence-corrected chi connectivity index (χ4v) is 3.22. The van der Waals surface area contributed by atoms with E-state index in [9.17, 15) is 0 Å². The Morgan fingerprint density at radius 1 is 0.667 bits per heavy atom. The Kier molecular flexibility index (Phi) is 5.63. The molecule has 0 aromatic heterocycles. The fourth-order valence-electron chi connectivity index (χ4n) is 3.22. The van der Waals surface area contributed by atoms with Crippen molar-refractivity contribution < 1.29 is 0 Å². The quantitative estimate of drug-likeness (QED) is 0.328. The standard InChI is InChI=1S/C24H24/c1-2-3-4-7-15-22-18-12-19-23(20-13-8-5-9-14-20)24(22)21-16-10-6-11-17-21/h2,5-6,8-14,16-19H,1,3-4,7,15H2. The monoisotopic (exact) mass is 312 g/mol. The summed E-state index contributed by atoms with van der Waals surface area (Å²) in [5.74, 6) is 0. The molecule has 0 unspecified atom stereocenters. The largest absolute Gasteiger partial charge is 0.103 e. The highest BCUT2D eigenvalue weighted by Crippen LogP contribution is 2.35. The van der Waals surface area contributed by atoms with Crippen molar-refractivity contribution in [1.29, 1.82) is 0 Å². The molecule has 0 amide bonds. The highest BCUT2D eigenvalue weighted by atomic mass is 14.2. The predicted octanol–water partition coefficient (Wildman–Crippen LogP) is 6.92. The van der Waals surface area contributed by atoms with Gasteiger partial charge in [-0.1, -0.05) is 84.9 Å². The fraction of sp³-hybridized carbons (Fsp3) is 0.167. The van der Waals surface area contributed by atoms with E-state index in [1.54, 1.807) is 0 Å². The third kappa shape index (κ3) is 3.83. The van der Waals surface area contributed by atoms with E-state index in [1.165, 1.54) is 40.7 Å². The van der Waals surface area contributed by atoms with Crippen LogP contribution in [0.1, 0.15) is 24.8 Å². The molecule has 0 heterocycles. The molecule has 0 heteroatoms. The van der Waals surface area contributed by atoms with Crippen LogP contribution in [0.5, 0.6) is 0 Å². The van der Waals surface area contributed by atoms with E-state index in [4.69, 9.17) is 0 Å². The summed E-state index contributed by atoms with van der Waals surface area (Å²) in [5, 5.41) is 0. The molecule has 0 bridgehead atoms. The predicted molar refractivity (Wildman–Crippen MR) is 105 cm³/mol. The molecule has 3 aromatic carbocycles. The number of benzene rings is 3. The molecule has 0 saturated heterocycles. The first-order chi connectivity index (χ1) is 11.9. The van der Waals surface area contributed by atoms with Crippen LogP contribution in [0.2, 0.25) is 0 Å². The molecule has 0 radical (unpaired) electrons. The van der Waals surface area contributed by atoms with E-state index in [0.717, 1.165) is 12.8 Å². The Bertz CT molecular complexity index is 770. The molecule has 0 fully saturated rings. The summed E-state index contributed by atoms with van der Waals surface area (Å²) >= 11 is 0. The first-order valence-corrected chi connectivity index (χ1v) is 8.74. The van der Waals surface area contributed by atoms with Crippen LogP contribution in [0, 0.1) is 0 Å². The summed E-state index contributed by atoms with van der Waals surface area (Å²) in [6.07, 6.45) is 6.62. The van der Waals surface area contributed by atoms with Gasteiger partial charge in [-0.3, -0.25) is 0 Å². The smallest absolute Gasteiger partial charge is 0.00733 e. The maximum Gasteiger partial charge on any atom is -0.00733 e. The average molecular weight is 312 g/mol. The van der Waals surface area contributed by atoms with Gasteiger partial charge in [-0.05, 0) is 53.5 Å². The van der Waals surface area contributed by atoms with E-state index in [-0.39, 0.29) is 0 Å². The molecule has 120 valence electrons. The lowest BCUT2D eigenvalue weighted by Gasteiger charge is -2.16. The van der Waals surface area contributed by atoms with Crippen LogP contribution in [0.15, 0.2) is 91.5 Å². The van der Waals surface area contributed by atoms with Crippen molar-refractivity contribution in [3.8, 4) is 22.3 Å². The first-order valence-electron chi connectivity index (χ1n) is 8.74. The van der Waals surface area contributed by atoms with Crippen molar-refractivity contribution in [2.45, 2.75) is 25.7 Å². The minimum Gasteiger partial charge on any atom is -0.103 e. The zero-order valence-electron chi connectivity index (χ0n) is 14.1. The second kappa shape index (κ2) is 8.31. The van der Waals surface area contributed by atoms with Crippen molar-refractivity contribution in [3.05, 3.63) is 97.1 Å². The maximum absolute atomic E-state index is 3.82. The lowest BCUT2D eigenvalue weighted by Crippen LogP contribution is -1.94. The van der Waals surface area contributed by atoms with Gasteiger partial charge in [0, 0.05) is 0 Å². The third-order valence-electron chi connectivity index (χ3n) is 4.40. The molecule has 3 aromatic rings. The molecular weight excluding hydrogens is 288 g/mol. The molecule has 0 aliphatic carbocycles. The molecule has 0 N–H and O–H groups in total. The van der Waals surface area contributed by atoms with Crippen LogP contribution >= 0.6 is 0 Å². The lowest BCUT2D eigenvalue weighted by molar-refractivity contribution is 0.749. The van der Waals surface area contributed by atoms with E-state index in [0.29, 0.717) is 0 Å². The van der Waals surface area contributed by atoms with E-state index in [1.807, 2.05) is 6.08 Å². The van der Waals surface area contributed by atoms with Gasteiger partial charge in [0.15, 0.2) is 0 Å². The number of aryl methyl sites for hydroxylation is 1. The molecule has 0 nitrogen and oxygen atoms in total. The SMILES string of the molecule is C=CCCCCc1cccc(-c2ccccc2)c1-c1ccccc1. The van der Waals surface area contributed by atoms with Crippen LogP contribution in [0.25, 0.3) is 22.3 Å². The molecule has 3 rings (SSSR count). The summed E-state index contributed by atoms with van der Waals surface area (Å²) in [6, 6.07) is 28.2. The summed E-state index contributed by atoms with van der Waals surface area (Å²) in [7, 11) is 0. The molecule has 0 spiro atoms. The van der Waals surface area contributed by atoms with Crippen LogP contribution in [0.4, 0.5) is 0 Å². The van der Waals surface area contributed by atoms with Crippen LogP contribution in [-0.2, 0) is 6.42 Å². The Morgan fingerprint density at radius 2 is 1.33 bits per heavy atom. The molecule has 0 saturated carbocycles. The van der Waals surface area contributed by atoms with Gasteiger partial charge >= 0.3 is 0 Å². The molecule has 0 atom stereocenters. The number of hydrogen-bond acceptors (Lipinski definition) is 0. The minimum atomic E-state index is 1.10. The normalized spacial score (nSPS) is 10.5. The van der Waals surface area contributed by atoms with E-state index >= 15 is 0 Å². The summed E-state index contributed by atoms with van der Waals surface area (Å²) < 4.78 is 0. The summed E-state index contributed by atoms with van der Waals surface area (Å²) in [5.41, 5.74) is 6.72. The highest BCUT2D eigenvalue weighted by Gasteiger charge is 2.11. The molecule has 0 aliphatic rings. The molecular formula is C24H24. The van der Waals surface area contributed by atoms with Gasteiger partial charge in [0.1, 0.15) is 0 Å². The van der Waals surface area contributed by atoms with Gasteiger partial charge in [-0.15, -0.1) is 6.58 Å². The number of allylic oxidation sites excluding steroid dienone is 1. The van der Waals surface area contributed by atoms with E-state index < -0.39 is 0 Å². The second-order valence-corrected chi connectivity index (χ2v) is 6.11. The van der Waals surface area contributed by atoms with Gasteiger partial charge in [-0.2, -0.15) is 0 Å².